The number of nitrogens with one attached hydrogen (secondary N) is 2. The number of benzene rings is 2. The second-order valence-corrected chi connectivity index (χ2v) is 6.50. The Bertz CT molecular complexity index is 900. The molecule has 0 amide bonds. The van der Waals surface area contributed by atoms with E-state index in [4.69, 9.17) is 11.6 Å². The molecule has 0 unspecified atom stereocenters. The summed E-state index contributed by atoms with van der Waals surface area (Å²) in [5.74, 6) is 1.61. The van der Waals surface area contributed by atoms with E-state index in [2.05, 4.69) is 58.5 Å². The van der Waals surface area contributed by atoms with Crippen molar-refractivity contribution in [2.75, 3.05) is 10.6 Å². The normalized spacial score (nSPS) is 10.6. The number of hydrogen-bond donors (Lipinski definition) is 2. The molecule has 0 saturated heterocycles. The molecule has 2 N–H and O–H groups in total. The Balaban J connectivity index is 1.90. The number of hydrogen-bond acceptors (Lipinski definition) is 5. The molecular weight excluding hydrogens is 334 g/mol. The number of rotatable bonds is 4. The van der Waals surface area contributed by atoms with E-state index < -0.39 is 0 Å². The van der Waals surface area contributed by atoms with E-state index in [0.717, 1.165) is 22.5 Å². The van der Waals surface area contributed by atoms with Crippen molar-refractivity contribution in [2.24, 2.45) is 0 Å². The van der Waals surface area contributed by atoms with Gasteiger partial charge in [0, 0.05) is 16.4 Å². The van der Waals surface area contributed by atoms with Gasteiger partial charge in [-0.25, -0.2) is 0 Å². The van der Waals surface area contributed by atoms with Crippen LogP contribution in [0.2, 0.25) is 5.02 Å². The summed E-state index contributed by atoms with van der Waals surface area (Å²) in [5, 5.41) is 7.13. The number of aromatic nitrogens is 3. The summed E-state index contributed by atoms with van der Waals surface area (Å²) >= 11 is 6.02. The van der Waals surface area contributed by atoms with Crippen molar-refractivity contribution in [2.45, 2.75) is 27.7 Å². The number of nitrogens with zero attached hydrogens (tertiary/aromatic N) is 3. The first-order chi connectivity index (χ1) is 11.9. The second kappa shape index (κ2) is 7.07. The topological polar surface area (TPSA) is 62.7 Å². The van der Waals surface area contributed by atoms with Gasteiger partial charge >= 0.3 is 0 Å². The molecule has 0 radical (unpaired) electrons. The zero-order chi connectivity index (χ0) is 18.0. The molecule has 0 aliphatic rings. The highest BCUT2D eigenvalue weighted by Crippen LogP contribution is 2.25. The molecule has 1 heterocycles. The van der Waals surface area contributed by atoms with Gasteiger partial charge < -0.3 is 10.6 Å². The first kappa shape index (κ1) is 17.2. The van der Waals surface area contributed by atoms with Crippen LogP contribution in [-0.4, -0.2) is 15.0 Å². The van der Waals surface area contributed by atoms with Gasteiger partial charge in [-0.15, -0.1) is 0 Å². The zero-order valence-corrected chi connectivity index (χ0v) is 15.4. The minimum atomic E-state index is 0.472. The predicted octanol–water partition coefficient (Wildman–Crippen LogP) is 5.25. The molecule has 0 fully saturated rings. The van der Waals surface area contributed by atoms with Gasteiger partial charge in [0.25, 0.3) is 0 Å². The monoisotopic (exact) mass is 353 g/mol. The van der Waals surface area contributed by atoms with Crippen molar-refractivity contribution in [3.63, 3.8) is 0 Å². The Hall–Kier alpha value is -2.66. The third kappa shape index (κ3) is 4.25. The molecular formula is C19H20ClN5. The summed E-state index contributed by atoms with van der Waals surface area (Å²) < 4.78 is 0. The molecule has 0 aliphatic carbocycles. The van der Waals surface area contributed by atoms with E-state index in [1.807, 2.05) is 31.2 Å². The van der Waals surface area contributed by atoms with Gasteiger partial charge in [-0.3, -0.25) is 0 Å². The van der Waals surface area contributed by atoms with Gasteiger partial charge in [0.05, 0.1) is 0 Å². The number of anilines is 4. The average molecular weight is 354 g/mol. The van der Waals surface area contributed by atoms with Gasteiger partial charge in [0.1, 0.15) is 5.82 Å². The standard InChI is InChI=1S/C19H20ClN5/c1-11-8-12(2)17(13(3)9-11)24-19-22-14(4)21-18(25-19)23-16-7-5-6-15(20)10-16/h5-10H,1-4H3,(H2,21,22,23,24,25). The lowest BCUT2D eigenvalue weighted by atomic mass is 10.1. The molecule has 0 bridgehead atoms. The Morgan fingerprint density at radius 1 is 0.800 bits per heavy atom. The molecule has 0 aliphatic heterocycles. The predicted molar refractivity (Wildman–Crippen MR) is 103 cm³/mol. The summed E-state index contributed by atoms with van der Waals surface area (Å²) in [6.45, 7) is 8.07. The summed E-state index contributed by atoms with van der Waals surface area (Å²) in [6.07, 6.45) is 0. The summed E-state index contributed by atoms with van der Waals surface area (Å²) in [6, 6.07) is 11.7. The van der Waals surface area contributed by atoms with Crippen LogP contribution in [0.5, 0.6) is 0 Å². The van der Waals surface area contributed by atoms with Crippen molar-refractivity contribution in [1.29, 1.82) is 0 Å². The highest BCUT2D eigenvalue weighted by molar-refractivity contribution is 6.30. The molecule has 128 valence electrons. The Kier molecular flexibility index (Phi) is 4.86. The fourth-order valence-corrected chi connectivity index (χ4v) is 2.97. The van der Waals surface area contributed by atoms with Crippen molar-refractivity contribution < 1.29 is 0 Å². The summed E-state index contributed by atoms with van der Waals surface area (Å²) in [7, 11) is 0. The summed E-state index contributed by atoms with van der Waals surface area (Å²) in [4.78, 5) is 13.2. The minimum absolute atomic E-state index is 0.472. The SMILES string of the molecule is Cc1cc(C)c(Nc2nc(C)nc(Nc3cccc(Cl)c3)n2)c(C)c1. The molecule has 3 aromatic rings. The maximum absolute atomic E-state index is 6.02. The van der Waals surface area contributed by atoms with Crippen LogP contribution in [-0.2, 0) is 0 Å². The second-order valence-electron chi connectivity index (χ2n) is 6.06. The van der Waals surface area contributed by atoms with Gasteiger partial charge in [-0.2, -0.15) is 15.0 Å². The van der Waals surface area contributed by atoms with Crippen LogP contribution in [0.15, 0.2) is 36.4 Å². The maximum Gasteiger partial charge on any atom is 0.232 e. The van der Waals surface area contributed by atoms with Gasteiger partial charge in [0.15, 0.2) is 0 Å². The van der Waals surface area contributed by atoms with Crippen molar-refractivity contribution in [3.8, 4) is 0 Å². The van der Waals surface area contributed by atoms with E-state index in [-0.39, 0.29) is 0 Å². The van der Waals surface area contributed by atoms with Crippen LogP contribution in [0.4, 0.5) is 23.3 Å². The molecule has 6 heteroatoms. The lowest BCUT2D eigenvalue weighted by Gasteiger charge is -2.14. The van der Waals surface area contributed by atoms with Gasteiger partial charge in [0.2, 0.25) is 11.9 Å². The van der Waals surface area contributed by atoms with Crippen molar-refractivity contribution in [3.05, 3.63) is 63.9 Å². The quantitative estimate of drug-likeness (QED) is 0.671. The van der Waals surface area contributed by atoms with E-state index in [0.29, 0.717) is 22.7 Å². The molecule has 0 spiro atoms. The molecule has 1 aromatic heterocycles. The number of aryl methyl sites for hydroxylation is 4. The molecule has 0 atom stereocenters. The van der Waals surface area contributed by atoms with Crippen molar-refractivity contribution >= 4 is 34.9 Å². The zero-order valence-electron chi connectivity index (χ0n) is 14.7. The van der Waals surface area contributed by atoms with Crippen LogP contribution in [0.3, 0.4) is 0 Å². The van der Waals surface area contributed by atoms with Crippen LogP contribution in [0, 0.1) is 27.7 Å². The van der Waals surface area contributed by atoms with Crippen LogP contribution >= 0.6 is 11.6 Å². The van der Waals surface area contributed by atoms with Gasteiger partial charge in [-0.05, 0) is 57.0 Å². The average Bonchev–Trinajstić information content (AvgIpc) is 2.50. The maximum atomic E-state index is 6.02. The van der Waals surface area contributed by atoms with E-state index in [1.165, 1.54) is 5.56 Å². The van der Waals surface area contributed by atoms with E-state index in [9.17, 15) is 0 Å². The lowest BCUT2D eigenvalue weighted by Crippen LogP contribution is -2.07. The van der Waals surface area contributed by atoms with Crippen molar-refractivity contribution in [1.82, 2.24) is 15.0 Å². The molecule has 2 aromatic carbocycles. The third-order valence-electron chi connectivity index (χ3n) is 3.74. The molecule has 25 heavy (non-hydrogen) atoms. The van der Waals surface area contributed by atoms with Crippen LogP contribution in [0.1, 0.15) is 22.5 Å². The Labute approximate surface area is 152 Å². The van der Waals surface area contributed by atoms with Crippen LogP contribution < -0.4 is 10.6 Å². The number of halogens is 1. The Morgan fingerprint density at radius 3 is 2.08 bits per heavy atom. The molecule has 0 saturated carbocycles. The van der Waals surface area contributed by atoms with E-state index >= 15 is 0 Å². The first-order valence-corrected chi connectivity index (χ1v) is 8.38. The summed E-state index contributed by atoms with van der Waals surface area (Å²) in [5.41, 5.74) is 5.38. The lowest BCUT2D eigenvalue weighted by molar-refractivity contribution is 0.988. The molecule has 3 rings (SSSR count). The fraction of sp³-hybridized carbons (Fsp3) is 0.211. The van der Waals surface area contributed by atoms with E-state index in [1.54, 1.807) is 0 Å². The largest absolute Gasteiger partial charge is 0.324 e. The first-order valence-electron chi connectivity index (χ1n) is 8.01. The smallest absolute Gasteiger partial charge is 0.232 e. The fourth-order valence-electron chi connectivity index (χ4n) is 2.78. The minimum Gasteiger partial charge on any atom is -0.324 e. The highest BCUT2D eigenvalue weighted by atomic mass is 35.5. The molecule has 5 nitrogen and oxygen atoms in total. The Morgan fingerprint density at radius 2 is 1.44 bits per heavy atom. The highest BCUT2D eigenvalue weighted by Gasteiger charge is 2.09. The third-order valence-corrected chi connectivity index (χ3v) is 3.98. The van der Waals surface area contributed by atoms with Crippen LogP contribution in [0.25, 0.3) is 0 Å². The van der Waals surface area contributed by atoms with Gasteiger partial charge in [-0.1, -0.05) is 35.4 Å².